The summed E-state index contributed by atoms with van der Waals surface area (Å²) in [5, 5.41) is 10.3. The Morgan fingerprint density at radius 2 is 1.91 bits per heavy atom. The normalized spacial score (nSPS) is 11.0. The summed E-state index contributed by atoms with van der Waals surface area (Å²) in [4.78, 5) is 14.8. The van der Waals surface area contributed by atoms with Crippen LogP contribution in [-0.2, 0) is 11.2 Å². The quantitative estimate of drug-likeness (QED) is 0.704. The standard InChI is InChI=1S/C18H16BrNO2/c1-10-6-7-11(2)17-16(10)14(9-15(21)22)18(20-17)12-4-3-5-13(19)8-12/h3-8,20H,9H2,1-2H3,(H,21,22). The molecule has 3 aromatic rings. The van der Waals surface area contributed by atoms with Gasteiger partial charge >= 0.3 is 5.97 Å². The van der Waals surface area contributed by atoms with E-state index in [1.54, 1.807) is 0 Å². The summed E-state index contributed by atoms with van der Waals surface area (Å²) < 4.78 is 0.971. The molecule has 112 valence electrons. The minimum absolute atomic E-state index is 0.00609. The van der Waals surface area contributed by atoms with Gasteiger partial charge in [0.15, 0.2) is 0 Å². The second-order valence-electron chi connectivity index (χ2n) is 5.51. The zero-order valence-electron chi connectivity index (χ0n) is 12.4. The lowest BCUT2D eigenvalue weighted by Crippen LogP contribution is -2.01. The molecule has 0 aliphatic rings. The van der Waals surface area contributed by atoms with Crippen LogP contribution in [0.3, 0.4) is 0 Å². The van der Waals surface area contributed by atoms with Crippen LogP contribution in [-0.4, -0.2) is 16.1 Å². The monoisotopic (exact) mass is 357 g/mol. The van der Waals surface area contributed by atoms with Crippen LogP contribution in [0.1, 0.15) is 16.7 Å². The van der Waals surface area contributed by atoms with E-state index in [1.165, 1.54) is 0 Å². The number of aliphatic carboxylic acids is 1. The first-order chi connectivity index (χ1) is 10.5. The topological polar surface area (TPSA) is 53.1 Å². The highest BCUT2D eigenvalue weighted by atomic mass is 79.9. The van der Waals surface area contributed by atoms with Crippen molar-refractivity contribution in [2.75, 3.05) is 0 Å². The molecule has 0 aliphatic carbocycles. The Morgan fingerprint density at radius 3 is 2.59 bits per heavy atom. The van der Waals surface area contributed by atoms with Crippen LogP contribution < -0.4 is 0 Å². The number of hydrogen-bond acceptors (Lipinski definition) is 1. The van der Waals surface area contributed by atoms with Crippen molar-refractivity contribution in [1.29, 1.82) is 0 Å². The first-order valence-corrected chi connectivity index (χ1v) is 7.85. The lowest BCUT2D eigenvalue weighted by Gasteiger charge is -2.05. The lowest BCUT2D eigenvalue weighted by atomic mass is 9.99. The predicted molar refractivity (Wildman–Crippen MR) is 92.2 cm³/mol. The Morgan fingerprint density at radius 1 is 1.18 bits per heavy atom. The third-order valence-electron chi connectivity index (χ3n) is 3.92. The predicted octanol–water partition coefficient (Wildman–Crippen LogP) is 4.84. The number of hydrogen-bond donors (Lipinski definition) is 2. The second kappa shape index (κ2) is 5.61. The second-order valence-corrected chi connectivity index (χ2v) is 6.42. The van der Waals surface area contributed by atoms with Crippen molar-refractivity contribution in [2.45, 2.75) is 20.3 Å². The fourth-order valence-corrected chi connectivity index (χ4v) is 3.30. The summed E-state index contributed by atoms with van der Waals surface area (Å²) in [5.74, 6) is -0.821. The van der Waals surface area contributed by atoms with Gasteiger partial charge in [-0.2, -0.15) is 0 Å². The van der Waals surface area contributed by atoms with Gasteiger partial charge in [-0.25, -0.2) is 0 Å². The Labute approximate surface area is 137 Å². The fraction of sp³-hybridized carbons (Fsp3) is 0.167. The summed E-state index contributed by atoms with van der Waals surface area (Å²) in [6, 6.07) is 12.0. The molecule has 0 spiro atoms. The van der Waals surface area contributed by atoms with Crippen LogP contribution in [0.25, 0.3) is 22.2 Å². The summed E-state index contributed by atoms with van der Waals surface area (Å²) in [7, 11) is 0. The molecule has 4 heteroatoms. The summed E-state index contributed by atoms with van der Waals surface area (Å²) >= 11 is 3.48. The van der Waals surface area contributed by atoms with Crippen LogP contribution in [0.4, 0.5) is 0 Å². The molecule has 3 rings (SSSR count). The van der Waals surface area contributed by atoms with Crippen LogP contribution in [0.2, 0.25) is 0 Å². The number of fused-ring (bicyclic) bond motifs is 1. The molecule has 2 aromatic carbocycles. The van der Waals surface area contributed by atoms with E-state index in [0.29, 0.717) is 0 Å². The van der Waals surface area contributed by atoms with Crippen molar-refractivity contribution in [1.82, 2.24) is 4.98 Å². The average molecular weight is 358 g/mol. The molecule has 22 heavy (non-hydrogen) atoms. The molecule has 1 aromatic heterocycles. The van der Waals surface area contributed by atoms with E-state index in [2.05, 4.69) is 27.0 Å². The number of benzene rings is 2. The van der Waals surface area contributed by atoms with Crippen molar-refractivity contribution < 1.29 is 9.90 Å². The Bertz CT molecular complexity index is 880. The van der Waals surface area contributed by atoms with E-state index >= 15 is 0 Å². The van der Waals surface area contributed by atoms with Gasteiger partial charge in [-0.1, -0.05) is 40.2 Å². The number of rotatable bonds is 3. The van der Waals surface area contributed by atoms with Crippen LogP contribution in [0, 0.1) is 13.8 Å². The van der Waals surface area contributed by atoms with Gasteiger partial charge in [0, 0.05) is 15.4 Å². The molecule has 0 aliphatic heterocycles. The van der Waals surface area contributed by atoms with E-state index in [9.17, 15) is 9.90 Å². The molecule has 1 heterocycles. The molecule has 0 radical (unpaired) electrons. The maximum absolute atomic E-state index is 11.3. The zero-order valence-corrected chi connectivity index (χ0v) is 14.0. The molecule has 0 saturated heterocycles. The number of aromatic nitrogens is 1. The number of carboxylic acids is 1. The van der Waals surface area contributed by atoms with Gasteiger partial charge in [0.1, 0.15) is 0 Å². The van der Waals surface area contributed by atoms with E-state index in [4.69, 9.17) is 0 Å². The van der Waals surface area contributed by atoms with E-state index < -0.39 is 5.97 Å². The molecule has 0 bridgehead atoms. The maximum Gasteiger partial charge on any atom is 0.307 e. The van der Waals surface area contributed by atoms with Crippen molar-refractivity contribution in [2.24, 2.45) is 0 Å². The Hall–Kier alpha value is -2.07. The molecular formula is C18H16BrNO2. The Kier molecular flexibility index (Phi) is 3.79. The Balaban J connectivity index is 2.36. The number of aryl methyl sites for hydroxylation is 2. The van der Waals surface area contributed by atoms with Crippen molar-refractivity contribution >= 4 is 32.8 Å². The SMILES string of the molecule is Cc1ccc(C)c2c(CC(=O)O)c(-c3cccc(Br)c3)[nH]c12. The van der Waals surface area contributed by atoms with Crippen molar-refractivity contribution in [3.63, 3.8) is 0 Å². The molecule has 0 fully saturated rings. The number of aromatic amines is 1. The van der Waals surface area contributed by atoms with Crippen LogP contribution in [0.5, 0.6) is 0 Å². The molecule has 0 unspecified atom stereocenters. The number of nitrogens with one attached hydrogen (secondary N) is 1. The third-order valence-corrected chi connectivity index (χ3v) is 4.41. The number of H-pyrrole nitrogens is 1. The molecule has 3 nitrogen and oxygen atoms in total. The van der Waals surface area contributed by atoms with Crippen LogP contribution in [0.15, 0.2) is 40.9 Å². The highest BCUT2D eigenvalue weighted by Crippen LogP contribution is 2.35. The van der Waals surface area contributed by atoms with Crippen molar-refractivity contribution in [3.05, 3.63) is 57.6 Å². The van der Waals surface area contributed by atoms with Gasteiger partial charge in [0.2, 0.25) is 0 Å². The lowest BCUT2D eigenvalue weighted by molar-refractivity contribution is -0.136. The molecular weight excluding hydrogens is 342 g/mol. The molecule has 0 atom stereocenters. The highest BCUT2D eigenvalue weighted by Gasteiger charge is 2.18. The summed E-state index contributed by atoms with van der Waals surface area (Å²) in [6.07, 6.45) is 0.00609. The third kappa shape index (κ3) is 2.55. The van der Waals surface area contributed by atoms with Gasteiger partial charge in [-0.3, -0.25) is 4.79 Å². The van der Waals surface area contributed by atoms with Crippen molar-refractivity contribution in [3.8, 4) is 11.3 Å². The molecule has 0 saturated carbocycles. The molecule has 2 N–H and O–H groups in total. The fourth-order valence-electron chi connectivity index (χ4n) is 2.90. The van der Waals surface area contributed by atoms with Crippen LogP contribution >= 0.6 is 15.9 Å². The summed E-state index contributed by atoms with van der Waals surface area (Å²) in [5.41, 5.74) is 5.95. The first-order valence-electron chi connectivity index (χ1n) is 7.06. The van der Waals surface area contributed by atoms with Gasteiger partial charge < -0.3 is 10.1 Å². The average Bonchev–Trinajstić information content (AvgIpc) is 2.83. The smallest absolute Gasteiger partial charge is 0.307 e. The van der Waals surface area contributed by atoms with E-state index in [0.717, 1.165) is 43.3 Å². The largest absolute Gasteiger partial charge is 0.481 e. The number of carbonyl (C=O) groups is 1. The van der Waals surface area contributed by atoms with Gasteiger partial charge in [0.05, 0.1) is 12.1 Å². The first kappa shape index (κ1) is 14.9. The van der Waals surface area contributed by atoms with E-state index in [1.807, 2.05) is 44.2 Å². The van der Waals surface area contributed by atoms with Gasteiger partial charge in [-0.05, 0) is 48.2 Å². The van der Waals surface area contributed by atoms with Gasteiger partial charge in [-0.15, -0.1) is 0 Å². The minimum Gasteiger partial charge on any atom is -0.481 e. The summed E-state index contributed by atoms with van der Waals surface area (Å²) in [6.45, 7) is 4.05. The highest BCUT2D eigenvalue weighted by molar-refractivity contribution is 9.10. The number of halogens is 1. The number of carboxylic acid groups (broad SMARTS) is 1. The zero-order chi connectivity index (χ0) is 15.9. The van der Waals surface area contributed by atoms with Gasteiger partial charge in [0.25, 0.3) is 0 Å². The maximum atomic E-state index is 11.3. The minimum atomic E-state index is -0.821. The van der Waals surface area contributed by atoms with E-state index in [-0.39, 0.29) is 6.42 Å². The molecule has 0 amide bonds.